The molecule has 0 aromatic carbocycles. The number of hydrogen-bond donors (Lipinski definition) is 2. The molecule has 0 radical (unpaired) electrons. The van der Waals surface area contributed by atoms with Crippen molar-refractivity contribution in [3.05, 3.63) is 35.7 Å². The summed E-state index contributed by atoms with van der Waals surface area (Å²) in [5.41, 5.74) is 2.20. The van der Waals surface area contributed by atoms with Crippen LogP contribution in [-0.4, -0.2) is 54.9 Å². The lowest BCUT2D eigenvalue weighted by atomic mass is 9.90. The quantitative estimate of drug-likeness (QED) is 0.804. The molecule has 0 saturated carbocycles. The van der Waals surface area contributed by atoms with Crippen molar-refractivity contribution in [3.8, 4) is 0 Å². The number of nitrogens with zero attached hydrogens (tertiary/aromatic N) is 5. The number of aryl methyl sites for hydroxylation is 2. The van der Waals surface area contributed by atoms with Gasteiger partial charge in [-0.3, -0.25) is 9.48 Å². The zero-order chi connectivity index (χ0) is 18.8. The van der Waals surface area contributed by atoms with E-state index in [1.54, 1.807) is 6.20 Å². The number of aromatic nitrogens is 4. The highest BCUT2D eigenvalue weighted by molar-refractivity contribution is 5.76. The summed E-state index contributed by atoms with van der Waals surface area (Å²) >= 11 is 0. The van der Waals surface area contributed by atoms with Crippen LogP contribution in [-0.2, 0) is 31.4 Å². The second kappa shape index (κ2) is 7.82. The highest BCUT2D eigenvalue weighted by Gasteiger charge is 2.30. The van der Waals surface area contributed by atoms with Gasteiger partial charge in [0.15, 0.2) is 0 Å². The summed E-state index contributed by atoms with van der Waals surface area (Å²) in [4.78, 5) is 18.8. The monoisotopic (exact) mass is 372 g/mol. The Morgan fingerprint density at radius 3 is 2.89 bits per heavy atom. The Labute approximate surface area is 159 Å². The molecule has 146 valence electrons. The van der Waals surface area contributed by atoms with Gasteiger partial charge in [0.1, 0.15) is 11.9 Å². The van der Waals surface area contributed by atoms with Crippen molar-refractivity contribution in [2.24, 2.45) is 13.0 Å². The van der Waals surface area contributed by atoms with Crippen molar-refractivity contribution in [1.82, 2.24) is 29.5 Å². The van der Waals surface area contributed by atoms with E-state index < -0.39 is 6.10 Å². The molecule has 0 spiro atoms. The van der Waals surface area contributed by atoms with Crippen LogP contribution in [0.15, 0.2) is 18.5 Å². The number of carbonyl (C=O) groups excluding carboxylic acids is 1. The van der Waals surface area contributed by atoms with E-state index in [-0.39, 0.29) is 11.8 Å². The molecule has 0 bridgehead atoms. The minimum Gasteiger partial charge on any atom is -0.385 e. The van der Waals surface area contributed by atoms with Gasteiger partial charge in [-0.2, -0.15) is 5.10 Å². The summed E-state index contributed by atoms with van der Waals surface area (Å²) in [6.07, 6.45) is 5.80. The first-order valence-electron chi connectivity index (χ1n) is 9.81. The van der Waals surface area contributed by atoms with Crippen molar-refractivity contribution in [2.75, 3.05) is 19.6 Å². The van der Waals surface area contributed by atoms with E-state index in [0.29, 0.717) is 31.8 Å². The van der Waals surface area contributed by atoms with E-state index in [4.69, 9.17) is 0 Å². The SMILES string of the molecule is Cn1ccnc1[C@@H](O)C1CCN(C(=O)CCc2cc3n(n2)CCNC3)CC1. The zero-order valence-electron chi connectivity index (χ0n) is 15.8. The Morgan fingerprint density at radius 1 is 1.37 bits per heavy atom. The molecule has 2 aromatic rings. The van der Waals surface area contributed by atoms with Crippen LogP contribution in [0.25, 0.3) is 0 Å². The molecule has 27 heavy (non-hydrogen) atoms. The minimum atomic E-state index is -0.562. The second-order valence-corrected chi connectivity index (χ2v) is 7.59. The topological polar surface area (TPSA) is 88.2 Å². The molecule has 1 saturated heterocycles. The highest BCUT2D eigenvalue weighted by atomic mass is 16.3. The number of likely N-dealkylation sites (tertiary alicyclic amines) is 1. The van der Waals surface area contributed by atoms with E-state index in [2.05, 4.69) is 21.5 Å². The maximum Gasteiger partial charge on any atom is 0.222 e. The number of piperidine rings is 1. The summed E-state index contributed by atoms with van der Waals surface area (Å²) in [6, 6.07) is 2.11. The van der Waals surface area contributed by atoms with E-state index >= 15 is 0 Å². The standard InChI is InChI=1S/C19H28N6O2/c1-23-10-7-21-19(23)18(27)14-4-8-24(9-5-14)17(26)3-2-15-12-16-13-20-6-11-25(16)22-15/h7,10,12,14,18,20,27H,2-6,8-9,11,13H2,1H3/t18-/m0/s1. The molecule has 4 rings (SSSR count). The fraction of sp³-hybridized carbons (Fsp3) is 0.632. The van der Waals surface area contributed by atoms with Gasteiger partial charge >= 0.3 is 0 Å². The molecule has 0 aliphatic carbocycles. The van der Waals surface area contributed by atoms with Gasteiger partial charge < -0.3 is 19.9 Å². The normalized spacial score (nSPS) is 19.1. The lowest BCUT2D eigenvalue weighted by Crippen LogP contribution is -2.40. The largest absolute Gasteiger partial charge is 0.385 e. The van der Waals surface area contributed by atoms with E-state index in [1.807, 2.05) is 27.4 Å². The maximum atomic E-state index is 12.6. The van der Waals surface area contributed by atoms with Gasteiger partial charge in [-0.15, -0.1) is 0 Å². The molecule has 2 aliphatic rings. The Bertz CT molecular complexity index is 766. The number of carbonyl (C=O) groups is 1. The number of amides is 1. The first kappa shape index (κ1) is 18.2. The summed E-state index contributed by atoms with van der Waals surface area (Å²) in [7, 11) is 1.90. The minimum absolute atomic E-state index is 0.155. The summed E-state index contributed by atoms with van der Waals surface area (Å²) < 4.78 is 3.91. The van der Waals surface area contributed by atoms with Crippen molar-refractivity contribution < 1.29 is 9.90 Å². The van der Waals surface area contributed by atoms with Crippen LogP contribution in [0.5, 0.6) is 0 Å². The number of rotatable bonds is 5. The van der Waals surface area contributed by atoms with Crippen LogP contribution < -0.4 is 5.32 Å². The first-order chi connectivity index (χ1) is 13.1. The molecule has 8 nitrogen and oxygen atoms in total. The lowest BCUT2D eigenvalue weighted by molar-refractivity contribution is -0.133. The number of aliphatic hydroxyl groups excluding tert-OH is 1. The molecule has 2 aliphatic heterocycles. The molecule has 4 heterocycles. The van der Waals surface area contributed by atoms with Gasteiger partial charge in [0, 0.05) is 58.5 Å². The van der Waals surface area contributed by atoms with Gasteiger partial charge in [-0.05, 0) is 24.8 Å². The van der Waals surface area contributed by atoms with Gasteiger partial charge in [0.25, 0.3) is 0 Å². The third-order valence-corrected chi connectivity index (χ3v) is 5.78. The number of fused-ring (bicyclic) bond motifs is 1. The second-order valence-electron chi connectivity index (χ2n) is 7.59. The van der Waals surface area contributed by atoms with Crippen molar-refractivity contribution in [1.29, 1.82) is 0 Å². The molecule has 8 heteroatoms. The molecular formula is C19H28N6O2. The molecule has 1 amide bonds. The van der Waals surface area contributed by atoms with Crippen LogP contribution in [0, 0.1) is 5.92 Å². The number of nitrogens with one attached hydrogen (secondary N) is 1. The predicted octanol–water partition coefficient (Wildman–Crippen LogP) is 0.625. The number of aliphatic hydroxyl groups is 1. The fourth-order valence-corrected chi connectivity index (χ4v) is 4.11. The first-order valence-corrected chi connectivity index (χ1v) is 9.81. The van der Waals surface area contributed by atoms with Crippen LogP contribution in [0.4, 0.5) is 0 Å². The van der Waals surface area contributed by atoms with Gasteiger partial charge in [0.05, 0.1) is 17.9 Å². The smallest absolute Gasteiger partial charge is 0.222 e. The van der Waals surface area contributed by atoms with E-state index in [1.165, 1.54) is 5.69 Å². The average Bonchev–Trinajstić information content (AvgIpc) is 3.31. The molecular weight excluding hydrogens is 344 g/mol. The lowest BCUT2D eigenvalue weighted by Gasteiger charge is -2.34. The van der Waals surface area contributed by atoms with Crippen molar-refractivity contribution in [2.45, 2.75) is 44.9 Å². The van der Waals surface area contributed by atoms with Crippen LogP contribution in [0.3, 0.4) is 0 Å². The Hall–Kier alpha value is -2.19. The Kier molecular flexibility index (Phi) is 5.27. The predicted molar refractivity (Wildman–Crippen MR) is 99.7 cm³/mol. The molecule has 2 aromatic heterocycles. The molecule has 0 unspecified atom stereocenters. The summed E-state index contributed by atoms with van der Waals surface area (Å²) in [6.45, 7) is 4.11. The van der Waals surface area contributed by atoms with Gasteiger partial charge in [-0.1, -0.05) is 0 Å². The van der Waals surface area contributed by atoms with Crippen LogP contribution in [0.2, 0.25) is 0 Å². The van der Waals surface area contributed by atoms with Crippen molar-refractivity contribution >= 4 is 5.91 Å². The average molecular weight is 372 g/mol. The maximum absolute atomic E-state index is 12.6. The number of imidazole rings is 1. The third-order valence-electron chi connectivity index (χ3n) is 5.78. The van der Waals surface area contributed by atoms with Crippen molar-refractivity contribution in [3.63, 3.8) is 0 Å². The van der Waals surface area contributed by atoms with Crippen LogP contribution in [0.1, 0.15) is 42.6 Å². The molecule has 1 atom stereocenters. The van der Waals surface area contributed by atoms with Gasteiger partial charge in [-0.25, -0.2) is 4.98 Å². The molecule has 2 N–H and O–H groups in total. The van der Waals surface area contributed by atoms with Gasteiger partial charge in [0.2, 0.25) is 5.91 Å². The fourth-order valence-electron chi connectivity index (χ4n) is 4.11. The van der Waals surface area contributed by atoms with E-state index in [9.17, 15) is 9.90 Å². The molecule has 1 fully saturated rings. The summed E-state index contributed by atoms with van der Waals surface area (Å²) in [5.74, 6) is 1.05. The Morgan fingerprint density at radius 2 is 2.19 bits per heavy atom. The van der Waals surface area contributed by atoms with Crippen LogP contribution >= 0.6 is 0 Å². The summed E-state index contributed by atoms with van der Waals surface area (Å²) in [5, 5.41) is 18.5. The zero-order valence-corrected chi connectivity index (χ0v) is 15.8. The third kappa shape index (κ3) is 3.91. The highest BCUT2D eigenvalue weighted by Crippen LogP contribution is 2.30. The number of hydrogen-bond acceptors (Lipinski definition) is 5. The Balaban J connectivity index is 1.26. The van der Waals surface area contributed by atoms with E-state index in [0.717, 1.165) is 38.2 Å².